The zero-order chi connectivity index (χ0) is 23.7. The first-order valence-corrected chi connectivity index (χ1v) is 13.0. The van der Waals surface area contributed by atoms with E-state index in [0.29, 0.717) is 18.0 Å². The first-order valence-electron chi connectivity index (χ1n) is 13.0. The zero-order valence-corrected chi connectivity index (χ0v) is 22.1. The standard InChI is InChI=1S/C29H38N4O.ClH/c1-20(2)33-19-22-16-27-25(24-11-7-12-26(33)28(22)24)15-23(18-32(27)3)29(34)31-14-6-4-5-9-21-10-8-13-30-17-21;/h7-8,10-13,17,19-20,23,25,27H,4-6,9,14-16,18H2,1-3H3,(H,31,34);1H/t23-,25?,27-;/m1./s1. The van der Waals surface area contributed by atoms with Crippen LogP contribution in [0.2, 0.25) is 0 Å². The maximum atomic E-state index is 13.1. The second-order valence-corrected chi connectivity index (χ2v) is 10.6. The highest BCUT2D eigenvalue weighted by Gasteiger charge is 2.41. The summed E-state index contributed by atoms with van der Waals surface area (Å²) in [5, 5.41) is 4.69. The van der Waals surface area contributed by atoms with Gasteiger partial charge in [0.05, 0.1) is 5.92 Å². The molecule has 1 amide bonds. The smallest absolute Gasteiger partial charge is 0.224 e. The summed E-state index contributed by atoms with van der Waals surface area (Å²) in [6.45, 7) is 6.14. The summed E-state index contributed by atoms with van der Waals surface area (Å²) in [7, 11) is 2.21. The van der Waals surface area contributed by atoms with Crippen molar-refractivity contribution in [1.82, 2.24) is 19.8 Å². The number of carbonyl (C=O) groups excluding carboxylic acids is 1. The van der Waals surface area contributed by atoms with Crippen LogP contribution in [0.4, 0.5) is 0 Å². The van der Waals surface area contributed by atoms with Gasteiger partial charge in [0, 0.05) is 60.6 Å². The van der Waals surface area contributed by atoms with Crippen LogP contribution in [0, 0.1) is 5.92 Å². The molecule has 3 atom stereocenters. The number of benzene rings is 1. The number of nitrogens with zero attached hydrogens (tertiary/aromatic N) is 3. The van der Waals surface area contributed by atoms with Gasteiger partial charge in [-0.3, -0.25) is 9.78 Å². The van der Waals surface area contributed by atoms with Crippen molar-refractivity contribution in [3.8, 4) is 0 Å². The fourth-order valence-corrected chi connectivity index (χ4v) is 6.22. The number of halogens is 1. The van der Waals surface area contributed by atoms with Gasteiger partial charge in [0.1, 0.15) is 0 Å². The maximum Gasteiger partial charge on any atom is 0.224 e. The van der Waals surface area contributed by atoms with Gasteiger partial charge in [0.15, 0.2) is 0 Å². The van der Waals surface area contributed by atoms with Gasteiger partial charge in [-0.15, -0.1) is 12.4 Å². The lowest BCUT2D eigenvalue weighted by atomic mass is 9.72. The number of piperidine rings is 1. The predicted molar refractivity (Wildman–Crippen MR) is 145 cm³/mol. The minimum Gasteiger partial charge on any atom is -0.356 e. The Balaban J connectivity index is 0.00000289. The van der Waals surface area contributed by atoms with Crippen LogP contribution in [0.3, 0.4) is 0 Å². The van der Waals surface area contributed by atoms with Crippen LogP contribution in [-0.4, -0.2) is 46.5 Å². The molecule has 1 aliphatic heterocycles. The quantitative estimate of drug-likeness (QED) is 0.419. The summed E-state index contributed by atoms with van der Waals surface area (Å²) >= 11 is 0. The SMILES string of the molecule is CC(C)n1cc2c3c(cccc31)C1C[C@@H](C(=O)NCCCCCc3cccnc3)CN(C)[C@@H]1C2.Cl. The molecule has 188 valence electrons. The van der Waals surface area contributed by atoms with Crippen molar-refractivity contribution >= 4 is 29.2 Å². The summed E-state index contributed by atoms with van der Waals surface area (Å²) in [4.78, 5) is 19.7. The van der Waals surface area contributed by atoms with Crippen LogP contribution in [0.1, 0.15) is 68.2 Å². The number of aryl methyl sites for hydroxylation is 1. The second kappa shape index (κ2) is 11.1. The van der Waals surface area contributed by atoms with Gasteiger partial charge in [-0.25, -0.2) is 0 Å². The van der Waals surface area contributed by atoms with Crippen LogP contribution < -0.4 is 5.32 Å². The molecule has 1 fully saturated rings. The average molecular weight is 495 g/mol. The van der Waals surface area contributed by atoms with Gasteiger partial charge >= 0.3 is 0 Å². The van der Waals surface area contributed by atoms with E-state index in [9.17, 15) is 4.79 Å². The highest BCUT2D eigenvalue weighted by molar-refractivity contribution is 5.89. The zero-order valence-electron chi connectivity index (χ0n) is 21.2. The van der Waals surface area contributed by atoms with Gasteiger partial charge in [0.2, 0.25) is 5.91 Å². The molecule has 1 aliphatic carbocycles. The van der Waals surface area contributed by atoms with Crippen LogP contribution >= 0.6 is 12.4 Å². The molecule has 0 saturated carbocycles. The minimum atomic E-state index is 0. The minimum absolute atomic E-state index is 0. The van der Waals surface area contributed by atoms with Crippen LogP contribution in [0.25, 0.3) is 10.9 Å². The van der Waals surface area contributed by atoms with Crippen molar-refractivity contribution < 1.29 is 4.79 Å². The molecular formula is C29H39ClN4O. The van der Waals surface area contributed by atoms with Crippen LogP contribution in [0.15, 0.2) is 48.9 Å². The largest absolute Gasteiger partial charge is 0.356 e. The molecule has 5 rings (SSSR count). The Morgan fingerprint density at radius 1 is 1.17 bits per heavy atom. The second-order valence-electron chi connectivity index (χ2n) is 10.6. The number of carbonyl (C=O) groups is 1. The molecule has 6 heteroatoms. The Labute approximate surface area is 215 Å². The third-order valence-corrected chi connectivity index (χ3v) is 7.97. The molecule has 0 bridgehead atoms. The number of rotatable bonds is 8. The molecule has 35 heavy (non-hydrogen) atoms. The monoisotopic (exact) mass is 494 g/mol. The molecule has 0 radical (unpaired) electrons. The molecule has 2 aliphatic rings. The van der Waals surface area contributed by atoms with E-state index >= 15 is 0 Å². The third kappa shape index (κ3) is 5.26. The number of likely N-dealkylation sites (N-methyl/N-ethyl adjacent to an activating group) is 1. The summed E-state index contributed by atoms with van der Waals surface area (Å²) < 4.78 is 2.42. The Morgan fingerprint density at radius 3 is 2.80 bits per heavy atom. The summed E-state index contributed by atoms with van der Waals surface area (Å²) in [6.07, 6.45) is 12.5. The van der Waals surface area contributed by atoms with Crippen molar-refractivity contribution in [3.63, 3.8) is 0 Å². The van der Waals surface area contributed by atoms with Gasteiger partial charge in [-0.05, 0) is 81.8 Å². The van der Waals surface area contributed by atoms with Gasteiger partial charge < -0.3 is 14.8 Å². The van der Waals surface area contributed by atoms with Gasteiger partial charge in [0.25, 0.3) is 0 Å². The van der Waals surface area contributed by atoms with Crippen molar-refractivity contribution in [2.24, 2.45) is 5.92 Å². The topological polar surface area (TPSA) is 50.2 Å². The molecule has 2 aromatic heterocycles. The lowest BCUT2D eigenvalue weighted by Crippen LogP contribution is -2.51. The predicted octanol–water partition coefficient (Wildman–Crippen LogP) is 5.53. The number of likely N-dealkylation sites (tertiary alicyclic amines) is 1. The fourth-order valence-electron chi connectivity index (χ4n) is 6.22. The van der Waals surface area contributed by atoms with Crippen molar-refractivity contribution in [3.05, 3.63) is 65.6 Å². The number of hydrogen-bond acceptors (Lipinski definition) is 3. The number of aromatic nitrogens is 2. The first kappa shape index (κ1) is 25.7. The van der Waals surface area contributed by atoms with Crippen molar-refractivity contribution in [2.45, 2.75) is 70.4 Å². The molecule has 1 unspecified atom stereocenters. The van der Waals surface area contributed by atoms with E-state index in [1.807, 2.05) is 18.5 Å². The maximum absolute atomic E-state index is 13.1. The third-order valence-electron chi connectivity index (χ3n) is 7.97. The van der Waals surface area contributed by atoms with Gasteiger partial charge in [-0.1, -0.05) is 24.6 Å². The first-order chi connectivity index (χ1) is 16.5. The lowest BCUT2D eigenvalue weighted by molar-refractivity contribution is -0.127. The summed E-state index contributed by atoms with van der Waals surface area (Å²) in [5.41, 5.74) is 5.56. The van der Waals surface area contributed by atoms with E-state index in [4.69, 9.17) is 0 Å². The van der Waals surface area contributed by atoms with E-state index in [0.717, 1.165) is 51.6 Å². The van der Waals surface area contributed by atoms with Crippen LogP contribution in [-0.2, 0) is 17.6 Å². The van der Waals surface area contributed by atoms with E-state index in [-0.39, 0.29) is 24.2 Å². The fraction of sp³-hybridized carbons (Fsp3) is 0.517. The van der Waals surface area contributed by atoms with E-state index in [2.05, 4.69) is 71.1 Å². The number of nitrogens with one attached hydrogen (secondary N) is 1. The molecule has 3 aromatic rings. The average Bonchev–Trinajstić information content (AvgIpc) is 3.22. The summed E-state index contributed by atoms with van der Waals surface area (Å²) in [5.74, 6) is 0.717. The van der Waals surface area contributed by atoms with E-state index < -0.39 is 0 Å². The Bertz CT molecular complexity index is 1140. The number of unbranched alkanes of at least 4 members (excludes halogenated alkanes) is 2. The van der Waals surface area contributed by atoms with Gasteiger partial charge in [-0.2, -0.15) is 0 Å². The molecule has 3 heterocycles. The Kier molecular flexibility index (Phi) is 8.18. The van der Waals surface area contributed by atoms with Crippen molar-refractivity contribution in [1.29, 1.82) is 0 Å². The van der Waals surface area contributed by atoms with Crippen LogP contribution in [0.5, 0.6) is 0 Å². The van der Waals surface area contributed by atoms with E-state index in [1.54, 1.807) is 0 Å². The number of amides is 1. The number of fused-ring (bicyclic) bond motifs is 2. The Morgan fingerprint density at radius 2 is 2.03 bits per heavy atom. The number of pyridine rings is 1. The molecule has 1 aromatic carbocycles. The molecule has 1 N–H and O–H groups in total. The highest BCUT2D eigenvalue weighted by Crippen LogP contribution is 2.45. The normalized spacial score (nSPS) is 21.5. The molecule has 5 nitrogen and oxygen atoms in total. The molecular weight excluding hydrogens is 456 g/mol. The summed E-state index contributed by atoms with van der Waals surface area (Å²) in [6, 6.07) is 11.8. The Hall–Kier alpha value is -2.37. The highest BCUT2D eigenvalue weighted by atomic mass is 35.5. The molecule has 1 saturated heterocycles. The lowest BCUT2D eigenvalue weighted by Gasteiger charge is -2.45. The molecule has 0 spiro atoms. The van der Waals surface area contributed by atoms with E-state index in [1.165, 1.54) is 27.6 Å². The van der Waals surface area contributed by atoms with Crippen molar-refractivity contribution in [2.75, 3.05) is 20.1 Å². The number of hydrogen-bond donors (Lipinski definition) is 1.